The van der Waals surface area contributed by atoms with Crippen LogP contribution in [0.4, 0.5) is 0 Å². The Balaban J connectivity index is -0.000000805. The Morgan fingerprint density at radius 3 is 0.429 bits per heavy atom. The van der Waals surface area contributed by atoms with Crippen molar-refractivity contribution in [2.75, 3.05) is 52.9 Å². The van der Waals surface area contributed by atoms with Gasteiger partial charge in [0.25, 0.3) is 0 Å². The van der Waals surface area contributed by atoms with Crippen molar-refractivity contribution < 1.29 is 82.0 Å². The summed E-state index contributed by atoms with van der Waals surface area (Å²) in [5, 5.41) is 82.0. The zero-order chi connectivity index (χ0) is 101. The van der Waals surface area contributed by atoms with E-state index >= 15 is 0 Å². The normalized spacial score (nSPS) is 16.7. The Hall–Kier alpha value is 3.18. The molecule has 0 rings (SSSR count). The van der Waals surface area contributed by atoms with Gasteiger partial charge in [0.05, 0.1) is 52.9 Å². The lowest BCUT2D eigenvalue weighted by Crippen LogP contribution is -2.55. The molecule has 126 heavy (non-hydrogen) atoms. The molecule has 0 heterocycles. The lowest BCUT2D eigenvalue weighted by Gasteiger charge is -2.44. The summed E-state index contributed by atoms with van der Waals surface area (Å²) >= 11 is 0. The van der Waals surface area contributed by atoms with Crippen LogP contribution in [-0.4, -0.2) is 244 Å². The third-order valence-corrected chi connectivity index (χ3v) is 87.9. The van der Waals surface area contributed by atoms with Crippen molar-refractivity contribution in [3.05, 3.63) is 0 Å². The maximum absolute atomic E-state index is 10.5. The fourth-order valence-corrected chi connectivity index (χ4v) is 85.1. The smallest absolute Gasteiger partial charge is 0.317 e. The number of hydrogen-bond donors (Lipinski definition) is 8. The second-order valence-corrected chi connectivity index (χ2v) is 136. The Morgan fingerprint density at radius 2 is 0.294 bits per heavy atom. The van der Waals surface area contributed by atoms with Crippen LogP contribution in [0.5, 0.6) is 0 Å². The van der Waals surface area contributed by atoms with Crippen LogP contribution in [0.25, 0.3) is 0 Å². The Labute approximate surface area is 803 Å². The summed E-state index contributed by atoms with van der Waals surface area (Å²) < 4.78 is 67.3. The SMILES string of the molecule is CC(CCC(CO)(CO)CCC(C)[Si](C)(C)C)[Si](C)(C)C.CC(CCC(CO)(CO)CCC(C)[Si](C)(C)O[Si](C)(C)C)[Si](C)(C)O[Si](C)(C)C.CC(CCC(CO)(CO)CCC(C)[Si](C)(O[Si](C)(C)C)O[Si](C)(C)C)[Si](C)(O[Si](C)(C)C)O[Si](C)(C)C.CC(CCCC(CO)(CO)CCCC(C)[Si](C)(O[Si](C)(C)C)O[Si](C)(C)C)[Si](C)(O[Si](C)(C)C)O[Si](C)(C)C. The summed E-state index contributed by atoms with van der Waals surface area (Å²) in [6.07, 6.45) is 16.7. The maximum atomic E-state index is 10.5. The molecule has 0 aliphatic rings. The highest BCUT2D eigenvalue weighted by Gasteiger charge is 2.51. The lowest BCUT2D eigenvalue weighted by molar-refractivity contribution is 0.0348. The van der Waals surface area contributed by atoms with Gasteiger partial charge in [-0.15, -0.1) is 0 Å². The van der Waals surface area contributed by atoms with Gasteiger partial charge >= 0.3 is 34.2 Å². The molecule has 0 aromatic heterocycles. The predicted octanol–water partition coefficient (Wildman–Crippen LogP) is 27.9. The first-order valence-electron chi connectivity index (χ1n) is 49.5. The van der Waals surface area contributed by atoms with Crippen molar-refractivity contribution in [1.29, 1.82) is 0 Å². The Bertz CT molecular complexity index is 2660. The molecule has 8 N–H and O–H groups in total. The topological polar surface area (TPSA) is 254 Å². The minimum absolute atomic E-state index is 0.0171. The van der Waals surface area contributed by atoms with Crippen LogP contribution < -0.4 is 0 Å². The van der Waals surface area contributed by atoms with Crippen molar-refractivity contribution in [2.24, 2.45) is 21.7 Å². The third kappa shape index (κ3) is 59.1. The minimum atomic E-state index is -2.44. The van der Waals surface area contributed by atoms with Crippen LogP contribution in [0, 0.1) is 21.7 Å². The molecular formula is C90H224O18Si18. The summed E-state index contributed by atoms with van der Waals surface area (Å²) in [7, 11) is -32.7. The van der Waals surface area contributed by atoms with Gasteiger partial charge in [0.15, 0.2) is 99.8 Å². The monoisotopic (exact) mass is 2100 g/mol. The summed E-state index contributed by atoms with van der Waals surface area (Å²) in [6.45, 7) is 119. The number of aliphatic hydroxyl groups excluding tert-OH is 8. The minimum Gasteiger partial charge on any atom is -0.456 e. The molecule has 0 bridgehead atoms. The summed E-state index contributed by atoms with van der Waals surface area (Å²) in [5.74, 6) is 0. The van der Waals surface area contributed by atoms with E-state index in [2.05, 4.69) is 343 Å². The fraction of sp³-hybridized carbons (Fsp3) is 1.00. The second kappa shape index (κ2) is 54.4. The molecule has 0 amide bonds. The van der Waals surface area contributed by atoms with Crippen molar-refractivity contribution >= 4 is 150 Å². The summed E-state index contributed by atoms with van der Waals surface area (Å²) in [6, 6.07) is 0. The van der Waals surface area contributed by atoms with E-state index in [0.29, 0.717) is 22.2 Å². The summed E-state index contributed by atoms with van der Waals surface area (Å²) in [5.41, 5.74) is 2.11. The van der Waals surface area contributed by atoms with Gasteiger partial charge in [-0.25, -0.2) is 0 Å². The molecule has 0 fully saturated rings. The van der Waals surface area contributed by atoms with Gasteiger partial charge in [-0.05, 0) is 370 Å². The van der Waals surface area contributed by atoms with Crippen LogP contribution in [0.15, 0.2) is 0 Å². The highest BCUT2D eigenvalue weighted by molar-refractivity contribution is 6.92. The first-order chi connectivity index (χ1) is 55.6. The van der Waals surface area contributed by atoms with Gasteiger partial charge < -0.3 is 82.0 Å². The molecule has 764 valence electrons. The van der Waals surface area contributed by atoms with E-state index in [-0.39, 0.29) is 69.4 Å². The average Bonchev–Trinajstić information content (AvgIpc) is 0.813. The quantitative estimate of drug-likeness (QED) is 0.0263. The van der Waals surface area contributed by atoms with Crippen molar-refractivity contribution in [3.8, 4) is 0 Å². The molecule has 18 nitrogen and oxygen atoms in total. The Kier molecular flexibility index (Phi) is 58.5. The molecule has 0 saturated carbocycles. The van der Waals surface area contributed by atoms with E-state index in [1.807, 2.05) is 0 Å². The highest BCUT2D eigenvalue weighted by atomic mass is 28.5. The lowest BCUT2D eigenvalue weighted by atomic mass is 9.79. The van der Waals surface area contributed by atoms with Gasteiger partial charge in [0.1, 0.15) is 0 Å². The zero-order valence-electron chi connectivity index (χ0n) is 93.7. The van der Waals surface area contributed by atoms with E-state index in [1.165, 1.54) is 0 Å². The maximum Gasteiger partial charge on any atom is 0.317 e. The van der Waals surface area contributed by atoms with Crippen molar-refractivity contribution in [3.63, 3.8) is 0 Å². The molecule has 0 aliphatic carbocycles. The molecule has 8 unspecified atom stereocenters. The second-order valence-electron chi connectivity index (χ2n) is 53.6. The third-order valence-electron chi connectivity index (χ3n) is 26.1. The Morgan fingerprint density at radius 1 is 0.167 bits per heavy atom. The molecular weight excluding hydrogens is 1870 g/mol. The fourth-order valence-electron chi connectivity index (χ4n) is 16.8. The first kappa shape index (κ1) is 135. The molecule has 0 spiro atoms. The van der Waals surface area contributed by atoms with Gasteiger partial charge in [0, 0.05) is 37.8 Å². The van der Waals surface area contributed by atoms with Crippen LogP contribution in [-0.2, 0) is 41.2 Å². The van der Waals surface area contributed by atoms with Crippen LogP contribution in [0.2, 0.25) is 332 Å². The largest absolute Gasteiger partial charge is 0.456 e. The van der Waals surface area contributed by atoms with Crippen LogP contribution in [0.3, 0.4) is 0 Å². The first-order valence-corrected chi connectivity index (χ1v) is 106. The van der Waals surface area contributed by atoms with Crippen LogP contribution in [0.1, 0.15) is 171 Å². The number of rotatable bonds is 62. The molecule has 0 radical (unpaired) electrons. The van der Waals surface area contributed by atoms with Gasteiger partial charge in [-0.2, -0.15) is 0 Å². The van der Waals surface area contributed by atoms with Gasteiger partial charge in [0.2, 0.25) is 0 Å². The van der Waals surface area contributed by atoms with Crippen molar-refractivity contribution in [1.82, 2.24) is 0 Å². The molecule has 0 aromatic carbocycles. The molecule has 8 atom stereocenters. The van der Waals surface area contributed by atoms with E-state index in [4.69, 9.17) is 41.2 Å². The number of aliphatic hydroxyl groups is 8. The van der Waals surface area contributed by atoms with Gasteiger partial charge in [-0.1, -0.05) is 133 Å². The van der Waals surface area contributed by atoms with E-state index in [1.54, 1.807) is 0 Å². The van der Waals surface area contributed by atoms with E-state index < -0.39 is 166 Å². The molecule has 0 aromatic rings. The average molecular weight is 2100 g/mol. The molecule has 36 heteroatoms. The zero-order valence-corrected chi connectivity index (χ0v) is 112. The van der Waals surface area contributed by atoms with Crippen LogP contribution >= 0.6 is 0 Å². The van der Waals surface area contributed by atoms with Gasteiger partial charge in [-0.3, -0.25) is 0 Å². The molecule has 0 aliphatic heterocycles. The molecule has 0 saturated heterocycles. The summed E-state index contributed by atoms with van der Waals surface area (Å²) in [4.78, 5) is 0. The van der Waals surface area contributed by atoms with E-state index in [9.17, 15) is 40.9 Å². The van der Waals surface area contributed by atoms with Crippen molar-refractivity contribution in [2.45, 2.75) is 503 Å². The standard InChI is InChI=1S/C27H68O6Si6.C25H64O6Si6.C21H52O4Si4.C17H40O2Si2/c1-25(38(15,30-34(3,4)5)31-35(6,7)8)19-17-21-27(23-28,24-29)22-18-20-26(2)39(16,32-36(9,10)11)33-37(12,13)14;1-23(36(15,28-32(3,4)5)29-33(6,7)8)17-19-25(21-26,22-27)20-18-24(2)37(16,30-34(9,10)11)31-35(12,13)14;1-19(28(9,10)24-26(3,4)5)13-15-21(17-22,18-23)16-14-20(2)29(11,12)25-27(6,7)8;1-15(20(3,4)5)9-11-17(13-18,14-19)12-10-16(2)21(6,7)8/h25-26,28-29H,17-24H2,1-16H3;23-24,26-27H,17-22H2,1-16H3;19-20,22-23H,13-18H2,1-12H3;15-16,18-19H,9-14H2,1-8H3. The number of hydrogen-bond acceptors (Lipinski definition) is 18. The predicted molar refractivity (Wildman–Crippen MR) is 597 cm³/mol. The highest BCUT2D eigenvalue weighted by Crippen LogP contribution is 2.47. The van der Waals surface area contributed by atoms with E-state index in [0.717, 1.165) is 127 Å².